The molecule has 96 valence electrons. The van der Waals surface area contributed by atoms with Crippen molar-refractivity contribution in [2.45, 2.75) is 39.7 Å². The van der Waals surface area contributed by atoms with Gasteiger partial charge in [0, 0.05) is 23.5 Å². The normalized spacial score (nSPS) is 21.9. The average molecular weight is 245 g/mol. The van der Waals surface area contributed by atoms with E-state index >= 15 is 0 Å². The molecule has 1 atom stereocenters. The van der Waals surface area contributed by atoms with Crippen LogP contribution in [-0.4, -0.2) is 9.72 Å². The first-order chi connectivity index (χ1) is 8.48. The molecule has 2 N–H and O–H groups in total. The molecular formula is C14H19N3O. The molecule has 0 bridgehead atoms. The largest absolute Gasteiger partial charge is 0.363 e. The van der Waals surface area contributed by atoms with Crippen LogP contribution in [-0.2, 0) is 6.42 Å². The van der Waals surface area contributed by atoms with E-state index < -0.39 is 0 Å². The summed E-state index contributed by atoms with van der Waals surface area (Å²) in [6.07, 6.45) is 3.66. The molecule has 1 aliphatic carbocycles. The number of rotatable bonds is 1. The molecule has 3 rings (SSSR count). The molecule has 0 saturated heterocycles. The second-order valence-electron chi connectivity index (χ2n) is 6.03. The molecule has 2 aromatic rings. The maximum atomic E-state index is 6.30. The van der Waals surface area contributed by atoms with Crippen molar-refractivity contribution >= 4 is 0 Å². The Bertz CT molecular complexity index is 566. The summed E-state index contributed by atoms with van der Waals surface area (Å²) in [5.41, 5.74) is 10.2. The third-order valence-electron chi connectivity index (χ3n) is 3.79. The lowest BCUT2D eigenvalue weighted by Crippen LogP contribution is -2.30. The van der Waals surface area contributed by atoms with Crippen LogP contribution in [0.5, 0.6) is 0 Å². The van der Waals surface area contributed by atoms with Gasteiger partial charge in [-0.15, -0.1) is 0 Å². The number of aromatic nitrogens is 2. The van der Waals surface area contributed by atoms with Crippen LogP contribution < -0.4 is 5.73 Å². The maximum Gasteiger partial charge on any atom is 0.180 e. The smallest absolute Gasteiger partial charge is 0.180 e. The van der Waals surface area contributed by atoms with Crippen LogP contribution in [0.2, 0.25) is 0 Å². The van der Waals surface area contributed by atoms with Gasteiger partial charge in [-0.3, -0.25) is 4.57 Å². The molecule has 0 spiro atoms. The molecule has 0 fully saturated rings. The van der Waals surface area contributed by atoms with Gasteiger partial charge in [0.15, 0.2) is 5.82 Å². The monoisotopic (exact) mass is 245 g/mol. The summed E-state index contributed by atoms with van der Waals surface area (Å²) < 4.78 is 7.13. The minimum absolute atomic E-state index is 0.121. The first kappa shape index (κ1) is 11.5. The molecule has 2 aromatic heterocycles. The second-order valence-corrected chi connectivity index (χ2v) is 6.03. The molecule has 4 heteroatoms. The van der Waals surface area contributed by atoms with Gasteiger partial charge in [0.2, 0.25) is 0 Å². The van der Waals surface area contributed by atoms with Crippen molar-refractivity contribution in [1.82, 2.24) is 9.72 Å². The number of hydrogen-bond donors (Lipinski definition) is 1. The first-order valence-corrected chi connectivity index (χ1v) is 6.35. The Hall–Kier alpha value is -1.55. The molecule has 0 aliphatic heterocycles. The fourth-order valence-corrected chi connectivity index (χ4v) is 3.09. The van der Waals surface area contributed by atoms with E-state index in [-0.39, 0.29) is 11.5 Å². The topological polar surface area (TPSA) is 57.0 Å². The highest BCUT2D eigenvalue weighted by Gasteiger charge is 2.33. The summed E-state index contributed by atoms with van der Waals surface area (Å²) in [7, 11) is 0. The van der Waals surface area contributed by atoms with Gasteiger partial charge in [-0.25, -0.2) is 0 Å². The summed E-state index contributed by atoms with van der Waals surface area (Å²) in [5.74, 6) is 0.846. The van der Waals surface area contributed by atoms with E-state index in [0.717, 1.165) is 18.7 Å². The van der Waals surface area contributed by atoms with Crippen molar-refractivity contribution in [3.05, 3.63) is 35.3 Å². The molecule has 0 aromatic carbocycles. The van der Waals surface area contributed by atoms with E-state index in [1.54, 1.807) is 6.26 Å². The number of hydrogen-bond acceptors (Lipinski definition) is 3. The quantitative estimate of drug-likeness (QED) is 0.840. The molecule has 0 radical (unpaired) electrons. The highest BCUT2D eigenvalue weighted by Crippen LogP contribution is 2.41. The van der Waals surface area contributed by atoms with Gasteiger partial charge in [-0.05, 0) is 36.8 Å². The van der Waals surface area contributed by atoms with E-state index in [2.05, 4.69) is 36.6 Å². The number of fused-ring (bicyclic) bond motifs is 1. The molecular weight excluding hydrogens is 226 g/mol. The predicted molar refractivity (Wildman–Crippen MR) is 69.6 cm³/mol. The van der Waals surface area contributed by atoms with Crippen molar-refractivity contribution < 1.29 is 4.52 Å². The van der Waals surface area contributed by atoms with E-state index in [1.807, 2.05) is 6.07 Å². The van der Waals surface area contributed by atoms with Crippen LogP contribution in [0, 0.1) is 12.3 Å². The van der Waals surface area contributed by atoms with Gasteiger partial charge in [0.1, 0.15) is 6.26 Å². The van der Waals surface area contributed by atoms with Crippen molar-refractivity contribution in [1.29, 1.82) is 0 Å². The Morgan fingerprint density at radius 1 is 1.50 bits per heavy atom. The van der Waals surface area contributed by atoms with Crippen LogP contribution in [0.3, 0.4) is 0 Å². The highest BCUT2D eigenvalue weighted by molar-refractivity contribution is 5.40. The number of nitrogens with zero attached hydrogens (tertiary/aromatic N) is 2. The SMILES string of the molecule is Cc1cc2c(n1-c1ccon1)CC(C)(C)CC2N. The Balaban J connectivity index is 2.18. The van der Waals surface area contributed by atoms with E-state index in [9.17, 15) is 0 Å². The molecule has 0 amide bonds. The summed E-state index contributed by atoms with van der Waals surface area (Å²) in [6.45, 7) is 6.63. The van der Waals surface area contributed by atoms with Crippen LogP contribution in [0.1, 0.15) is 43.3 Å². The molecule has 0 saturated carbocycles. The van der Waals surface area contributed by atoms with Gasteiger partial charge in [0.05, 0.1) is 0 Å². The Morgan fingerprint density at radius 3 is 2.94 bits per heavy atom. The lowest BCUT2D eigenvalue weighted by Gasteiger charge is -2.34. The third kappa shape index (κ3) is 1.68. The van der Waals surface area contributed by atoms with E-state index in [0.29, 0.717) is 0 Å². The molecule has 4 nitrogen and oxygen atoms in total. The Kier molecular flexibility index (Phi) is 2.38. The molecule has 1 aliphatic rings. The lowest BCUT2D eigenvalue weighted by atomic mass is 9.74. The fourth-order valence-electron chi connectivity index (χ4n) is 3.09. The van der Waals surface area contributed by atoms with E-state index in [4.69, 9.17) is 10.3 Å². The van der Waals surface area contributed by atoms with Crippen LogP contribution in [0.15, 0.2) is 22.9 Å². The summed E-state index contributed by atoms with van der Waals surface area (Å²) in [6, 6.07) is 4.19. The Morgan fingerprint density at radius 2 is 2.28 bits per heavy atom. The number of nitrogens with two attached hydrogens (primary N) is 1. The zero-order valence-corrected chi connectivity index (χ0v) is 11.1. The second kappa shape index (κ2) is 3.72. The highest BCUT2D eigenvalue weighted by atomic mass is 16.5. The first-order valence-electron chi connectivity index (χ1n) is 6.35. The Labute approximate surface area is 107 Å². The summed E-state index contributed by atoms with van der Waals surface area (Å²) in [5, 5.41) is 4.05. The van der Waals surface area contributed by atoms with Gasteiger partial charge in [-0.2, -0.15) is 0 Å². The summed E-state index contributed by atoms with van der Waals surface area (Å²) in [4.78, 5) is 0. The minimum Gasteiger partial charge on any atom is -0.363 e. The van der Waals surface area contributed by atoms with Gasteiger partial charge < -0.3 is 10.3 Å². The van der Waals surface area contributed by atoms with Crippen molar-refractivity contribution in [2.24, 2.45) is 11.1 Å². The van der Waals surface area contributed by atoms with Crippen LogP contribution in [0.25, 0.3) is 5.82 Å². The van der Waals surface area contributed by atoms with Crippen LogP contribution >= 0.6 is 0 Å². The fraction of sp³-hybridized carbons (Fsp3) is 0.500. The number of aryl methyl sites for hydroxylation is 1. The zero-order valence-electron chi connectivity index (χ0n) is 11.1. The maximum absolute atomic E-state index is 6.30. The summed E-state index contributed by atoms with van der Waals surface area (Å²) >= 11 is 0. The zero-order chi connectivity index (χ0) is 12.9. The molecule has 2 heterocycles. The predicted octanol–water partition coefficient (Wildman–Crippen LogP) is 2.75. The lowest BCUT2D eigenvalue weighted by molar-refractivity contribution is 0.278. The molecule has 18 heavy (non-hydrogen) atoms. The van der Waals surface area contributed by atoms with Gasteiger partial charge in [-0.1, -0.05) is 19.0 Å². The minimum atomic E-state index is 0.121. The van der Waals surface area contributed by atoms with Crippen LogP contribution in [0.4, 0.5) is 0 Å². The average Bonchev–Trinajstić information content (AvgIpc) is 2.83. The van der Waals surface area contributed by atoms with Crippen molar-refractivity contribution in [3.8, 4) is 5.82 Å². The third-order valence-corrected chi connectivity index (χ3v) is 3.79. The van der Waals surface area contributed by atoms with E-state index in [1.165, 1.54) is 17.0 Å². The van der Waals surface area contributed by atoms with Crippen molar-refractivity contribution in [3.63, 3.8) is 0 Å². The standard InChI is InChI=1S/C14H19N3O/c1-9-6-10-11(15)7-14(2,3)8-12(10)17(9)13-4-5-18-16-13/h4-6,11H,7-8,15H2,1-3H3. The van der Waals surface area contributed by atoms with Gasteiger partial charge in [0.25, 0.3) is 0 Å². The van der Waals surface area contributed by atoms with Crippen molar-refractivity contribution in [2.75, 3.05) is 0 Å². The van der Waals surface area contributed by atoms with Gasteiger partial charge >= 0.3 is 0 Å². The molecule has 1 unspecified atom stereocenters.